The van der Waals surface area contributed by atoms with Crippen LogP contribution in [0.3, 0.4) is 0 Å². The van der Waals surface area contributed by atoms with Crippen LogP contribution < -0.4 is 15.4 Å². The van der Waals surface area contributed by atoms with Crippen LogP contribution in [0, 0.1) is 18.3 Å². The SMILES string of the molecule is COc1ccc(CN/C=C(/C#N)C(=O)Nc2cccc(C)c2)cc1. The van der Waals surface area contributed by atoms with E-state index in [1.807, 2.05) is 55.5 Å². The van der Waals surface area contributed by atoms with Crippen LogP contribution in [0.4, 0.5) is 5.69 Å². The molecule has 0 saturated carbocycles. The van der Waals surface area contributed by atoms with Gasteiger partial charge in [0, 0.05) is 18.4 Å². The van der Waals surface area contributed by atoms with E-state index < -0.39 is 5.91 Å². The molecule has 0 aliphatic rings. The van der Waals surface area contributed by atoms with Gasteiger partial charge in [0.1, 0.15) is 17.4 Å². The van der Waals surface area contributed by atoms with Gasteiger partial charge in [-0.3, -0.25) is 4.79 Å². The van der Waals surface area contributed by atoms with Gasteiger partial charge in [-0.05, 0) is 42.3 Å². The topological polar surface area (TPSA) is 74.1 Å². The van der Waals surface area contributed by atoms with Crippen LogP contribution in [0.5, 0.6) is 5.75 Å². The summed E-state index contributed by atoms with van der Waals surface area (Å²) < 4.78 is 5.10. The molecule has 2 N–H and O–H groups in total. The van der Waals surface area contributed by atoms with E-state index in [1.54, 1.807) is 13.2 Å². The Hall–Kier alpha value is -3.26. The molecule has 0 unspecified atom stereocenters. The minimum absolute atomic E-state index is 0.0185. The number of rotatable bonds is 6. The first-order chi connectivity index (χ1) is 11.6. The molecule has 0 aromatic heterocycles. The van der Waals surface area contributed by atoms with E-state index in [4.69, 9.17) is 10.00 Å². The maximum Gasteiger partial charge on any atom is 0.267 e. The molecular weight excluding hydrogens is 302 g/mol. The lowest BCUT2D eigenvalue weighted by Gasteiger charge is -2.06. The Morgan fingerprint density at radius 2 is 2.00 bits per heavy atom. The van der Waals surface area contributed by atoms with Gasteiger partial charge < -0.3 is 15.4 Å². The fraction of sp³-hybridized carbons (Fsp3) is 0.158. The number of benzene rings is 2. The van der Waals surface area contributed by atoms with E-state index in [9.17, 15) is 4.79 Å². The molecule has 5 nitrogen and oxygen atoms in total. The molecule has 1 amide bonds. The summed E-state index contributed by atoms with van der Waals surface area (Å²) in [5.74, 6) is 0.342. The molecule has 2 aromatic carbocycles. The maximum atomic E-state index is 12.1. The maximum absolute atomic E-state index is 12.1. The highest BCUT2D eigenvalue weighted by Gasteiger charge is 2.09. The number of nitrogens with zero attached hydrogens (tertiary/aromatic N) is 1. The van der Waals surface area contributed by atoms with Gasteiger partial charge >= 0.3 is 0 Å². The van der Waals surface area contributed by atoms with Crippen LogP contribution in [0.1, 0.15) is 11.1 Å². The summed E-state index contributed by atoms with van der Waals surface area (Å²) in [6, 6.07) is 16.9. The average molecular weight is 321 g/mol. The second-order valence-corrected chi connectivity index (χ2v) is 5.22. The van der Waals surface area contributed by atoms with Crippen LogP contribution in [0.25, 0.3) is 0 Å². The Balaban J connectivity index is 1.95. The number of ether oxygens (including phenoxy) is 1. The smallest absolute Gasteiger partial charge is 0.267 e. The van der Waals surface area contributed by atoms with Crippen LogP contribution in [0.2, 0.25) is 0 Å². The highest BCUT2D eigenvalue weighted by Crippen LogP contribution is 2.12. The molecule has 2 aromatic rings. The Morgan fingerprint density at radius 3 is 2.62 bits per heavy atom. The van der Waals surface area contributed by atoms with Crippen LogP contribution in [-0.2, 0) is 11.3 Å². The normalized spacial score (nSPS) is 10.6. The molecule has 2 rings (SSSR count). The zero-order valence-corrected chi connectivity index (χ0v) is 13.7. The lowest BCUT2D eigenvalue weighted by Crippen LogP contribution is -2.16. The first-order valence-electron chi connectivity index (χ1n) is 7.47. The summed E-state index contributed by atoms with van der Waals surface area (Å²) in [7, 11) is 1.61. The third-order valence-electron chi connectivity index (χ3n) is 3.35. The van der Waals surface area contributed by atoms with Crippen LogP contribution in [-0.4, -0.2) is 13.0 Å². The molecule has 0 fully saturated rings. The lowest BCUT2D eigenvalue weighted by atomic mass is 10.2. The summed E-state index contributed by atoms with van der Waals surface area (Å²) in [4.78, 5) is 12.1. The molecule has 0 bridgehead atoms. The predicted octanol–water partition coefficient (Wildman–Crippen LogP) is 3.14. The van der Waals surface area contributed by atoms with E-state index in [1.165, 1.54) is 6.20 Å². The quantitative estimate of drug-likeness (QED) is 0.633. The van der Waals surface area contributed by atoms with Gasteiger partial charge in [0.25, 0.3) is 5.91 Å². The average Bonchev–Trinajstić information content (AvgIpc) is 2.59. The number of nitriles is 1. The van der Waals surface area contributed by atoms with Crippen molar-refractivity contribution >= 4 is 11.6 Å². The van der Waals surface area contributed by atoms with Gasteiger partial charge in [-0.15, -0.1) is 0 Å². The van der Waals surface area contributed by atoms with Gasteiger partial charge in [0.2, 0.25) is 0 Å². The van der Waals surface area contributed by atoms with Crippen molar-refractivity contribution in [3.8, 4) is 11.8 Å². The number of carbonyl (C=O) groups excluding carboxylic acids is 1. The number of anilines is 1. The van der Waals surface area contributed by atoms with Crippen LogP contribution in [0.15, 0.2) is 60.3 Å². The van der Waals surface area contributed by atoms with E-state index in [0.717, 1.165) is 16.9 Å². The van der Waals surface area contributed by atoms with E-state index in [2.05, 4.69) is 10.6 Å². The van der Waals surface area contributed by atoms with Crippen molar-refractivity contribution in [1.82, 2.24) is 5.32 Å². The minimum atomic E-state index is -0.440. The summed E-state index contributed by atoms with van der Waals surface area (Å²) >= 11 is 0. The van der Waals surface area contributed by atoms with Crippen molar-refractivity contribution in [1.29, 1.82) is 5.26 Å². The zero-order valence-electron chi connectivity index (χ0n) is 13.7. The van der Waals surface area contributed by atoms with Crippen LogP contribution >= 0.6 is 0 Å². The second kappa shape index (κ2) is 8.39. The van der Waals surface area contributed by atoms with Gasteiger partial charge in [0.05, 0.1) is 7.11 Å². The summed E-state index contributed by atoms with van der Waals surface area (Å²) in [5.41, 5.74) is 2.73. The summed E-state index contributed by atoms with van der Waals surface area (Å²) in [6.07, 6.45) is 1.43. The Bertz CT molecular complexity index is 774. The Kier molecular flexibility index (Phi) is 5.98. The molecule has 122 valence electrons. The van der Waals surface area contributed by atoms with Crippen molar-refractivity contribution in [3.63, 3.8) is 0 Å². The van der Waals surface area contributed by atoms with Gasteiger partial charge in [-0.1, -0.05) is 24.3 Å². The number of nitrogens with one attached hydrogen (secondary N) is 2. The Morgan fingerprint density at radius 1 is 1.25 bits per heavy atom. The van der Waals surface area contributed by atoms with Crippen molar-refractivity contribution in [3.05, 3.63) is 71.4 Å². The molecule has 0 heterocycles. The van der Waals surface area contributed by atoms with Crippen molar-refractivity contribution in [2.45, 2.75) is 13.5 Å². The second-order valence-electron chi connectivity index (χ2n) is 5.22. The molecule has 5 heteroatoms. The predicted molar refractivity (Wildman–Crippen MR) is 93.3 cm³/mol. The van der Waals surface area contributed by atoms with Gasteiger partial charge in [0.15, 0.2) is 0 Å². The van der Waals surface area contributed by atoms with Crippen molar-refractivity contribution in [2.24, 2.45) is 0 Å². The fourth-order valence-electron chi connectivity index (χ4n) is 2.08. The third-order valence-corrected chi connectivity index (χ3v) is 3.35. The monoisotopic (exact) mass is 321 g/mol. The van der Waals surface area contributed by atoms with E-state index in [-0.39, 0.29) is 5.57 Å². The Labute approximate surface area is 141 Å². The summed E-state index contributed by atoms with van der Waals surface area (Å²) in [5, 5.41) is 14.9. The molecule has 0 atom stereocenters. The lowest BCUT2D eigenvalue weighted by molar-refractivity contribution is -0.112. The number of amides is 1. The highest BCUT2D eigenvalue weighted by atomic mass is 16.5. The van der Waals surface area contributed by atoms with Crippen molar-refractivity contribution < 1.29 is 9.53 Å². The summed E-state index contributed by atoms with van der Waals surface area (Å²) in [6.45, 7) is 2.44. The molecule has 24 heavy (non-hydrogen) atoms. The number of methoxy groups -OCH3 is 1. The molecule has 0 radical (unpaired) electrons. The van der Waals surface area contributed by atoms with Crippen molar-refractivity contribution in [2.75, 3.05) is 12.4 Å². The third kappa shape index (κ3) is 4.89. The number of aryl methyl sites for hydroxylation is 1. The zero-order chi connectivity index (χ0) is 17.4. The first-order valence-corrected chi connectivity index (χ1v) is 7.47. The largest absolute Gasteiger partial charge is 0.497 e. The fourth-order valence-corrected chi connectivity index (χ4v) is 2.08. The standard InChI is InChI=1S/C19H19N3O2/c1-14-4-3-5-17(10-14)22-19(23)16(11-20)13-21-12-15-6-8-18(24-2)9-7-15/h3-10,13,21H,12H2,1-2H3,(H,22,23)/b16-13-. The number of hydrogen-bond donors (Lipinski definition) is 2. The number of hydrogen-bond acceptors (Lipinski definition) is 4. The molecule has 0 aliphatic heterocycles. The molecule has 0 saturated heterocycles. The number of carbonyl (C=O) groups is 1. The molecular formula is C19H19N3O2. The van der Waals surface area contributed by atoms with Gasteiger partial charge in [-0.25, -0.2) is 0 Å². The van der Waals surface area contributed by atoms with Gasteiger partial charge in [-0.2, -0.15) is 5.26 Å². The molecule has 0 aliphatic carbocycles. The van der Waals surface area contributed by atoms with E-state index >= 15 is 0 Å². The molecule has 0 spiro atoms. The minimum Gasteiger partial charge on any atom is -0.497 e. The van der Waals surface area contributed by atoms with E-state index in [0.29, 0.717) is 12.2 Å². The highest BCUT2D eigenvalue weighted by molar-refractivity contribution is 6.06. The first kappa shape index (κ1) is 17.1.